The highest BCUT2D eigenvalue weighted by molar-refractivity contribution is 14.1. The van der Waals surface area contributed by atoms with Gasteiger partial charge in [0, 0.05) is 29.2 Å². The smallest absolute Gasteiger partial charge is 0.301 e. The molecule has 1 heterocycles. The summed E-state index contributed by atoms with van der Waals surface area (Å²) in [5.74, 6) is -1.54. The predicted octanol–water partition coefficient (Wildman–Crippen LogP) is 5.89. The highest BCUT2D eigenvalue weighted by Crippen LogP contribution is 2.34. The molecule has 0 atom stereocenters. The molecule has 0 saturated carbocycles. The average molecular weight is 663 g/mol. The second-order valence-electron chi connectivity index (χ2n) is 8.54. The largest absolute Gasteiger partial charge is 0.497 e. The van der Waals surface area contributed by atoms with Crippen LogP contribution in [0.2, 0.25) is 5.02 Å². The Labute approximate surface area is 233 Å². The van der Waals surface area contributed by atoms with Crippen molar-refractivity contribution in [2.24, 2.45) is 0 Å². The molecule has 0 aromatic heterocycles. The normalized spacial score (nSPS) is 14.9. The van der Waals surface area contributed by atoms with E-state index in [9.17, 15) is 17.2 Å². The molecule has 12 heteroatoms. The van der Waals surface area contributed by atoms with Crippen molar-refractivity contribution in [3.8, 4) is 5.75 Å². The van der Waals surface area contributed by atoms with Gasteiger partial charge in [-0.1, -0.05) is 23.7 Å². The maximum Gasteiger partial charge on any atom is 0.301 e. The Morgan fingerprint density at radius 3 is 2.38 bits per heavy atom. The van der Waals surface area contributed by atoms with Crippen molar-refractivity contribution in [2.45, 2.75) is 25.4 Å². The molecule has 1 saturated heterocycles. The molecule has 0 amide bonds. The summed E-state index contributed by atoms with van der Waals surface area (Å²) in [5.41, 5.74) is 0.955. The lowest BCUT2D eigenvalue weighted by Gasteiger charge is -2.32. The molecule has 3 N–H and O–H groups in total. The maximum atomic E-state index is 14.7. The lowest BCUT2D eigenvalue weighted by molar-refractivity contribution is 0.290. The minimum atomic E-state index is -4.02. The molecule has 0 spiro atoms. The third-order valence-corrected chi connectivity index (χ3v) is 8.58. The molecule has 0 unspecified atom stereocenters. The van der Waals surface area contributed by atoms with Crippen LogP contribution in [0.15, 0.2) is 54.6 Å². The van der Waals surface area contributed by atoms with Gasteiger partial charge in [-0.05, 0) is 83.5 Å². The minimum Gasteiger partial charge on any atom is -0.497 e. The van der Waals surface area contributed by atoms with Crippen LogP contribution in [-0.4, -0.2) is 39.0 Å². The van der Waals surface area contributed by atoms with Crippen LogP contribution in [0.4, 0.5) is 25.8 Å². The van der Waals surface area contributed by atoms with E-state index in [-0.39, 0.29) is 35.5 Å². The molecule has 1 aliphatic rings. The number of rotatable bonds is 9. The molecule has 3 aromatic rings. The number of benzene rings is 3. The topological polar surface area (TPSA) is 82.7 Å². The molecule has 7 nitrogen and oxygen atoms in total. The third-order valence-electron chi connectivity index (χ3n) is 6.07. The first-order valence-electron chi connectivity index (χ1n) is 11.5. The summed E-state index contributed by atoms with van der Waals surface area (Å²) in [5, 5.41) is 6.48. The van der Waals surface area contributed by atoms with Gasteiger partial charge in [0.15, 0.2) is 11.6 Å². The van der Waals surface area contributed by atoms with Crippen LogP contribution >= 0.6 is 34.2 Å². The quantitative estimate of drug-likeness (QED) is 0.249. The third kappa shape index (κ3) is 7.02. The zero-order valence-electron chi connectivity index (χ0n) is 19.9. The molecule has 1 fully saturated rings. The van der Waals surface area contributed by atoms with Crippen LogP contribution in [0.1, 0.15) is 18.4 Å². The van der Waals surface area contributed by atoms with Crippen molar-refractivity contribution < 1.29 is 21.9 Å². The molecule has 198 valence electrons. The summed E-state index contributed by atoms with van der Waals surface area (Å²) in [4.78, 5) is 0. The van der Waals surface area contributed by atoms with Gasteiger partial charge in [0.25, 0.3) is 0 Å². The standard InChI is InChI=1S/C25H26ClF2IN4O3S/c1-36-19-5-2-16(3-6-19)15-30-18-10-12-33(13-11-18)37(34,35)32-23-9-7-21(27)24(28)25(23)31-22-8-4-17(29)14-20(22)26/h2-9,14,18,30-32H,10-13,15H2,1H3. The van der Waals surface area contributed by atoms with E-state index in [2.05, 4.69) is 37.9 Å². The van der Waals surface area contributed by atoms with Gasteiger partial charge < -0.3 is 15.4 Å². The van der Waals surface area contributed by atoms with E-state index in [0.29, 0.717) is 25.1 Å². The van der Waals surface area contributed by atoms with Gasteiger partial charge in [0.05, 0.1) is 23.5 Å². The Morgan fingerprint density at radius 2 is 1.73 bits per heavy atom. The Bertz CT molecular complexity index is 1350. The maximum absolute atomic E-state index is 14.7. The molecule has 37 heavy (non-hydrogen) atoms. The number of halogens is 4. The molecule has 0 bridgehead atoms. The van der Waals surface area contributed by atoms with E-state index in [1.165, 1.54) is 10.4 Å². The van der Waals surface area contributed by atoms with E-state index in [1.54, 1.807) is 25.3 Å². The summed E-state index contributed by atoms with van der Waals surface area (Å²) in [6.45, 7) is 1.22. The molecule has 0 aliphatic carbocycles. The second-order valence-corrected chi connectivity index (χ2v) is 11.9. The first-order valence-corrected chi connectivity index (χ1v) is 14.4. The van der Waals surface area contributed by atoms with Gasteiger partial charge in [-0.25, -0.2) is 8.78 Å². The Hall–Kier alpha value is -2.19. The predicted molar refractivity (Wildman–Crippen MR) is 151 cm³/mol. The Morgan fingerprint density at radius 1 is 1.05 bits per heavy atom. The molecule has 0 radical (unpaired) electrons. The monoisotopic (exact) mass is 662 g/mol. The summed E-state index contributed by atoms with van der Waals surface area (Å²) in [6, 6.07) is 15.0. The molecule has 1 aliphatic heterocycles. The van der Waals surface area contributed by atoms with E-state index in [1.807, 2.05) is 24.3 Å². The highest BCUT2D eigenvalue weighted by atomic mass is 127. The van der Waals surface area contributed by atoms with Crippen molar-refractivity contribution in [3.05, 3.63) is 80.4 Å². The number of hydrogen-bond donors (Lipinski definition) is 3. The van der Waals surface area contributed by atoms with Gasteiger partial charge in [-0.3, -0.25) is 4.72 Å². The van der Waals surface area contributed by atoms with Crippen molar-refractivity contribution in [3.63, 3.8) is 0 Å². The van der Waals surface area contributed by atoms with Crippen LogP contribution in [0.25, 0.3) is 0 Å². The van der Waals surface area contributed by atoms with Crippen LogP contribution in [0.5, 0.6) is 5.75 Å². The summed E-state index contributed by atoms with van der Waals surface area (Å²) in [7, 11) is -2.40. The zero-order chi connectivity index (χ0) is 26.6. The van der Waals surface area contributed by atoms with Gasteiger partial charge in [-0.2, -0.15) is 12.7 Å². The summed E-state index contributed by atoms with van der Waals surface area (Å²) >= 11 is 8.30. The molecule has 4 rings (SSSR count). The van der Waals surface area contributed by atoms with Gasteiger partial charge in [-0.15, -0.1) is 0 Å². The Balaban J connectivity index is 1.41. The van der Waals surface area contributed by atoms with Gasteiger partial charge >= 0.3 is 10.2 Å². The van der Waals surface area contributed by atoms with E-state index < -0.39 is 21.8 Å². The second kappa shape index (κ2) is 12.1. The van der Waals surface area contributed by atoms with Crippen LogP contribution in [0.3, 0.4) is 0 Å². The van der Waals surface area contributed by atoms with Crippen LogP contribution < -0.4 is 20.1 Å². The number of hydrogen-bond acceptors (Lipinski definition) is 5. The van der Waals surface area contributed by atoms with Crippen molar-refractivity contribution in [1.29, 1.82) is 0 Å². The van der Waals surface area contributed by atoms with Crippen molar-refractivity contribution in [1.82, 2.24) is 9.62 Å². The summed E-state index contributed by atoms with van der Waals surface area (Å²) < 4.78 is 64.8. The van der Waals surface area contributed by atoms with E-state index >= 15 is 0 Å². The Kier molecular flexibility index (Phi) is 9.11. The van der Waals surface area contributed by atoms with Crippen molar-refractivity contribution in [2.75, 3.05) is 30.2 Å². The molecular formula is C25H26ClF2IN4O3S. The van der Waals surface area contributed by atoms with Gasteiger partial charge in [0.1, 0.15) is 11.4 Å². The van der Waals surface area contributed by atoms with E-state index in [0.717, 1.165) is 20.9 Å². The number of piperidine rings is 1. The minimum absolute atomic E-state index is 0.117. The fourth-order valence-electron chi connectivity index (χ4n) is 3.99. The van der Waals surface area contributed by atoms with E-state index in [4.69, 9.17) is 16.3 Å². The molecular weight excluding hydrogens is 637 g/mol. The molecule has 3 aromatic carbocycles. The SMILES string of the molecule is COc1ccc(CNC2CCN(S(=O)(=O)Nc3ccc(F)c(F)c3Nc3ccc(I)cc3Cl)CC2)cc1. The lowest BCUT2D eigenvalue weighted by Crippen LogP contribution is -2.46. The van der Waals surface area contributed by atoms with Gasteiger partial charge in [0.2, 0.25) is 0 Å². The van der Waals surface area contributed by atoms with Crippen molar-refractivity contribution >= 4 is 61.5 Å². The number of methoxy groups -OCH3 is 1. The average Bonchev–Trinajstić information content (AvgIpc) is 2.89. The zero-order valence-corrected chi connectivity index (χ0v) is 23.6. The number of nitrogens with zero attached hydrogens (tertiary/aromatic N) is 1. The first kappa shape index (κ1) is 27.8. The number of nitrogens with one attached hydrogen (secondary N) is 3. The highest BCUT2D eigenvalue weighted by Gasteiger charge is 2.29. The number of anilines is 3. The van der Waals surface area contributed by atoms with Crippen LogP contribution in [-0.2, 0) is 16.8 Å². The summed E-state index contributed by atoms with van der Waals surface area (Å²) in [6.07, 6.45) is 1.22. The fraction of sp³-hybridized carbons (Fsp3) is 0.280. The van der Waals surface area contributed by atoms with Crippen LogP contribution in [0, 0.1) is 15.2 Å². The fourth-order valence-corrected chi connectivity index (χ4v) is 6.16. The first-order chi connectivity index (χ1) is 17.7. The lowest BCUT2D eigenvalue weighted by atomic mass is 10.1. The number of ether oxygens (including phenoxy) is 1.